The molecule has 36 heavy (non-hydrogen) atoms. The number of hydrogen-bond acceptors (Lipinski definition) is 6. The molecule has 12 heteroatoms. The van der Waals surface area contributed by atoms with Crippen molar-refractivity contribution in [2.24, 2.45) is 0 Å². The summed E-state index contributed by atoms with van der Waals surface area (Å²) in [5.74, 6) is -2.46. The average molecular weight is 530 g/mol. The molecular formula is C24H14F3N3O4S2. The largest absolute Gasteiger partial charge is 0.454 e. The maximum Gasteiger partial charge on any atom is 0.268 e. The molecule has 0 atom stereocenters. The lowest BCUT2D eigenvalue weighted by Crippen LogP contribution is -2.13. The van der Waals surface area contributed by atoms with Crippen molar-refractivity contribution in [1.29, 1.82) is 0 Å². The minimum Gasteiger partial charge on any atom is -0.454 e. The third-order valence-electron chi connectivity index (χ3n) is 5.12. The highest BCUT2D eigenvalue weighted by Gasteiger charge is 2.20. The van der Waals surface area contributed by atoms with Crippen LogP contribution in [0.3, 0.4) is 0 Å². The topological polar surface area (TPSA) is 101 Å². The Labute approximate surface area is 205 Å². The summed E-state index contributed by atoms with van der Waals surface area (Å²) >= 11 is 1.11. The van der Waals surface area contributed by atoms with Gasteiger partial charge in [-0.05, 0) is 54.6 Å². The number of benzene rings is 3. The molecule has 0 unspecified atom stereocenters. The van der Waals surface area contributed by atoms with E-state index in [1.54, 1.807) is 5.38 Å². The fraction of sp³-hybridized carbons (Fsp3) is 0. The Balaban J connectivity index is 1.62. The van der Waals surface area contributed by atoms with Gasteiger partial charge in [0.1, 0.15) is 22.1 Å². The molecule has 0 saturated heterocycles. The van der Waals surface area contributed by atoms with Gasteiger partial charge in [-0.2, -0.15) is 0 Å². The molecular weight excluding hydrogens is 515 g/mol. The number of nitrogens with one attached hydrogen (secondary N) is 2. The molecule has 0 aliphatic rings. The molecule has 0 saturated carbocycles. The van der Waals surface area contributed by atoms with Crippen molar-refractivity contribution in [3.63, 3.8) is 0 Å². The van der Waals surface area contributed by atoms with E-state index in [0.717, 1.165) is 47.7 Å². The van der Waals surface area contributed by atoms with Crippen LogP contribution in [0, 0.1) is 17.5 Å². The van der Waals surface area contributed by atoms with E-state index in [1.807, 2.05) is 0 Å². The number of halogens is 3. The first-order valence-electron chi connectivity index (χ1n) is 10.2. The maximum absolute atomic E-state index is 14.3. The molecule has 2 aromatic heterocycles. The van der Waals surface area contributed by atoms with Crippen molar-refractivity contribution in [1.82, 2.24) is 9.97 Å². The van der Waals surface area contributed by atoms with E-state index in [-0.39, 0.29) is 27.6 Å². The van der Waals surface area contributed by atoms with Gasteiger partial charge < -0.3 is 9.72 Å². The monoisotopic (exact) mass is 529 g/mol. The van der Waals surface area contributed by atoms with Crippen molar-refractivity contribution >= 4 is 37.3 Å². The number of sulfonamides is 1. The smallest absolute Gasteiger partial charge is 0.268 e. The highest BCUT2D eigenvalue weighted by molar-refractivity contribution is 7.92. The van der Waals surface area contributed by atoms with Crippen molar-refractivity contribution < 1.29 is 26.3 Å². The van der Waals surface area contributed by atoms with Crippen LogP contribution in [0.2, 0.25) is 0 Å². The van der Waals surface area contributed by atoms with E-state index in [1.165, 1.54) is 24.5 Å². The fourth-order valence-electron chi connectivity index (χ4n) is 3.45. The normalized spacial score (nSPS) is 11.5. The number of nitrogens with zero attached hydrogens (tertiary/aromatic N) is 1. The summed E-state index contributed by atoms with van der Waals surface area (Å²) < 4.78 is 75.0. The Morgan fingerprint density at radius 1 is 0.889 bits per heavy atom. The van der Waals surface area contributed by atoms with Gasteiger partial charge in [0.2, 0.25) is 0 Å². The minimum atomic E-state index is -4.08. The van der Waals surface area contributed by atoms with Crippen molar-refractivity contribution in [3.8, 4) is 22.6 Å². The van der Waals surface area contributed by atoms with E-state index in [4.69, 9.17) is 4.74 Å². The number of fused-ring (bicyclic) bond motifs is 1. The zero-order valence-corrected chi connectivity index (χ0v) is 19.6. The number of aromatic nitrogens is 2. The molecule has 7 nitrogen and oxygen atoms in total. The predicted molar refractivity (Wildman–Crippen MR) is 129 cm³/mol. The Morgan fingerprint density at radius 3 is 2.36 bits per heavy atom. The molecule has 3 aromatic carbocycles. The van der Waals surface area contributed by atoms with Gasteiger partial charge in [0, 0.05) is 28.3 Å². The molecule has 0 amide bonds. The molecule has 182 valence electrons. The van der Waals surface area contributed by atoms with E-state index < -0.39 is 27.5 Å². The summed E-state index contributed by atoms with van der Waals surface area (Å²) in [6.07, 6.45) is 1.22. The first-order chi connectivity index (χ1) is 17.2. The number of rotatable bonds is 6. The van der Waals surface area contributed by atoms with Crippen LogP contribution in [0.5, 0.6) is 11.5 Å². The van der Waals surface area contributed by atoms with Crippen molar-refractivity contribution in [3.05, 3.63) is 100 Å². The summed E-state index contributed by atoms with van der Waals surface area (Å²) in [4.78, 5) is 18.7. The highest BCUT2D eigenvalue weighted by Crippen LogP contribution is 2.40. The van der Waals surface area contributed by atoms with Gasteiger partial charge in [-0.1, -0.05) is 0 Å². The average Bonchev–Trinajstić information content (AvgIpc) is 3.27. The summed E-state index contributed by atoms with van der Waals surface area (Å²) in [5.41, 5.74) is 0.803. The standard InChI is InChI=1S/C24H14F3N3O4S2/c25-13-1-5-16(6-2-13)36(32,33)30-15-4-8-20(34-21-7-3-14(26)9-19(21)27)17(10-15)18-11-35-23-22(18)28-12-29-24(23)31/h1-12,30H,(H,28,29,31). The molecule has 0 aliphatic carbocycles. The first kappa shape index (κ1) is 23.6. The summed E-state index contributed by atoms with van der Waals surface area (Å²) in [5, 5.41) is 1.63. The molecule has 2 N–H and O–H groups in total. The number of H-pyrrole nitrogens is 1. The molecule has 0 bridgehead atoms. The second kappa shape index (κ2) is 9.13. The molecule has 0 spiro atoms. The Kier molecular flexibility index (Phi) is 5.98. The zero-order valence-electron chi connectivity index (χ0n) is 18.0. The van der Waals surface area contributed by atoms with Crippen LogP contribution in [0.4, 0.5) is 18.9 Å². The number of hydrogen-bond donors (Lipinski definition) is 2. The first-order valence-corrected chi connectivity index (χ1v) is 12.6. The molecule has 0 aliphatic heterocycles. The molecule has 0 fully saturated rings. The number of thiophene rings is 1. The predicted octanol–water partition coefficient (Wildman–Crippen LogP) is 5.66. The number of aromatic amines is 1. The Morgan fingerprint density at radius 2 is 1.61 bits per heavy atom. The van der Waals surface area contributed by atoms with E-state index in [0.29, 0.717) is 27.4 Å². The third-order valence-corrected chi connectivity index (χ3v) is 7.49. The Bertz CT molecular complexity index is 1770. The SMILES string of the molecule is O=c1[nH]cnc2c(-c3cc(NS(=O)(=O)c4ccc(F)cc4)ccc3Oc3ccc(F)cc3F)csc12. The van der Waals surface area contributed by atoms with Crippen LogP contribution in [0.15, 0.2) is 82.1 Å². The van der Waals surface area contributed by atoms with Gasteiger partial charge in [-0.3, -0.25) is 9.52 Å². The van der Waals surface area contributed by atoms with E-state index in [2.05, 4.69) is 14.7 Å². The van der Waals surface area contributed by atoms with Gasteiger partial charge in [0.05, 0.1) is 16.7 Å². The molecule has 5 rings (SSSR count). The lowest BCUT2D eigenvalue weighted by Gasteiger charge is -2.14. The van der Waals surface area contributed by atoms with Crippen LogP contribution in [0.1, 0.15) is 0 Å². The molecule has 5 aromatic rings. The Hall–Kier alpha value is -4.16. The van der Waals surface area contributed by atoms with Crippen LogP contribution in [-0.4, -0.2) is 18.4 Å². The molecule has 0 radical (unpaired) electrons. The van der Waals surface area contributed by atoms with E-state index >= 15 is 0 Å². The van der Waals surface area contributed by atoms with Crippen molar-refractivity contribution in [2.45, 2.75) is 4.90 Å². The van der Waals surface area contributed by atoms with Crippen LogP contribution in [-0.2, 0) is 10.0 Å². The summed E-state index contributed by atoms with van der Waals surface area (Å²) in [6, 6.07) is 11.3. The van der Waals surface area contributed by atoms with Gasteiger partial charge in [-0.25, -0.2) is 26.6 Å². The van der Waals surface area contributed by atoms with Crippen molar-refractivity contribution in [2.75, 3.05) is 4.72 Å². The van der Waals surface area contributed by atoms with E-state index in [9.17, 15) is 26.4 Å². The van der Waals surface area contributed by atoms with Crippen LogP contribution in [0.25, 0.3) is 21.3 Å². The minimum absolute atomic E-state index is 0.104. The lowest BCUT2D eigenvalue weighted by atomic mass is 10.1. The second-order valence-electron chi connectivity index (χ2n) is 7.51. The van der Waals surface area contributed by atoms with Crippen LogP contribution < -0.4 is 15.0 Å². The second-order valence-corrected chi connectivity index (χ2v) is 10.1. The number of ether oxygens (including phenoxy) is 1. The highest BCUT2D eigenvalue weighted by atomic mass is 32.2. The zero-order chi connectivity index (χ0) is 25.4. The summed E-state index contributed by atoms with van der Waals surface area (Å²) in [6.45, 7) is 0. The summed E-state index contributed by atoms with van der Waals surface area (Å²) in [7, 11) is -4.08. The maximum atomic E-state index is 14.3. The lowest BCUT2D eigenvalue weighted by molar-refractivity contribution is 0.439. The number of anilines is 1. The van der Waals surface area contributed by atoms with Gasteiger partial charge >= 0.3 is 0 Å². The molecule has 2 heterocycles. The fourth-order valence-corrected chi connectivity index (χ4v) is 5.41. The van der Waals surface area contributed by atoms with Gasteiger partial charge in [0.25, 0.3) is 15.6 Å². The van der Waals surface area contributed by atoms with Gasteiger partial charge in [-0.15, -0.1) is 11.3 Å². The quantitative estimate of drug-likeness (QED) is 0.296. The van der Waals surface area contributed by atoms with Crippen LogP contribution >= 0.6 is 11.3 Å². The third kappa shape index (κ3) is 4.55. The van der Waals surface area contributed by atoms with Gasteiger partial charge in [0.15, 0.2) is 11.6 Å².